The zero-order chi connectivity index (χ0) is 28.0. The third-order valence-corrected chi connectivity index (χ3v) is 7.38. The minimum absolute atomic E-state index is 0.101. The number of carbonyl (C=O) groups excluding carboxylic acids is 1. The molecule has 0 saturated heterocycles. The van der Waals surface area contributed by atoms with Gasteiger partial charge in [0.2, 0.25) is 0 Å². The number of nitrogens with zero attached hydrogens (tertiary/aromatic N) is 1. The number of H-pyrrole nitrogens is 2. The first-order chi connectivity index (χ1) is 19.2. The van der Waals surface area contributed by atoms with Gasteiger partial charge in [-0.05, 0) is 66.1 Å². The fourth-order valence-corrected chi connectivity index (χ4v) is 5.52. The number of fused-ring (bicyclic) bond motifs is 4. The molecule has 2 N–H and O–H groups in total. The van der Waals surface area contributed by atoms with Gasteiger partial charge in [-0.3, -0.25) is 9.69 Å². The summed E-state index contributed by atoms with van der Waals surface area (Å²) in [6.45, 7) is 0.923. The Balaban J connectivity index is 1.41. The highest BCUT2D eigenvalue weighted by atomic mass is 19.4. The van der Waals surface area contributed by atoms with Gasteiger partial charge in [-0.1, -0.05) is 12.1 Å². The Kier molecular flexibility index (Phi) is 6.42. The fourth-order valence-electron chi connectivity index (χ4n) is 5.52. The highest BCUT2D eigenvalue weighted by Crippen LogP contribution is 2.39. The van der Waals surface area contributed by atoms with Crippen LogP contribution in [0.15, 0.2) is 66.9 Å². The molecule has 1 unspecified atom stereocenters. The molecule has 3 heterocycles. The second-order valence-electron chi connectivity index (χ2n) is 9.72. The first kappa shape index (κ1) is 25.8. The summed E-state index contributed by atoms with van der Waals surface area (Å²) in [5.41, 5.74) is 4.85. The Labute approximate surface area is 227 Å². The molecule has 1 aliphatic rings. The molecule has 7 nitrogen and oxygen atoms in total. The normalized spacial score (nSPS) is 15.8. The van der Waals surface area contributed by atoms with E-state index >= 15 is 0 Å². The number of hydrogen-bond acceptors (Lipinski definition) is 5. The number of nitrogens with one attached hydrogen (secondary N) is 2. The lowest BCUT2D eigenvalue weighted by molar-refractivity contribution is -0.274. The molecule has 0 saturated carbocycles. The topological polar surface area (TPSA) is 79.6 Å². The number of benzene rings is 3. The number of ketones is 1. The molecule has 3 aromatic carbocycles. The number of Topliss-reactive ketones (excluding diaryl/α,β-unsaturated/α-hetero) is 1. The summed E-state index contributed by atoms with van der Waals surface area (Å²) in [4.78, 5) is 23.1. The van der Waals surface area contributed by atoms with Gasteiger partial charge in [0.15, 0.2) is 5.78 Å². The molecule has 1 atom stereocenters. The standard InChI is InChI=1S/C30H26F3N3O4/c1-38-19-7-9-25-23(14-19)24(15-34-25)29(37)28-27-21(22-13-20(39-2)8-10-26(22)35-27)11-12-36(28)16-17-3-5-18(6-4-17)40-30(31,32)33/h3-10,13-15,28,34-35H,11-12,16H2,1-2H3. The second kappa shape index (κ2) is 9.95. The lowest BCUT2D eigenvalue weighted by atomic mass is 9.91. The van der Waals surface area contributed by atoms with E-state index in [0.717, 1.165) is 44.4 Å². The van der Waals surface area contributed by atoms with E-state index in [0.29, 0.717) is 30.8 Å². The number of hydrogen-bond donors (Lipinski definition) is 2. The summed E-state index contributed by atoms with van der Waals surface area (Å²) >= 11 is 0. The quantitative estimate of drug-likeness (QED) is 0.225. The number of methoxy groups -OCH3 is 2. The van der Waals surface area contributed by atoms with E-state index in [1.54, 1.807) is 32.5 Å². The van der Waals surface area contributed by atoms with Crippen LogP contribution in [0.4, 0.5) is 13.2 Å². The molecule has 1 aliphatic heterocycles. The maximum Gasteiger partial charge on any atom is 0.573 e. The molecule has 206 valence electrons. The minimum Gasteiger partial charge on any atom is -0.497 e. The number of ether oxygens (including phenoxy) is 3. The largest absolute Gasteiger partial charge is 0.573 e. The molecule has 2 aromatic heterocycles. The molecule has 6 rings (SSSR count). The summed E-state index contributed by atoms with van der Waals surface area (Å²) < 4.78 is 52.8. The monoisotopic (exact) mass is 549 g/mol. The first-order valence-corrected chi connectivity index (χ1v) is 12.7. The highest BCUT2D eigenvalue weighted by Gasteiger charge is 2.37. The Morgan fingerprint density at radius 3 is 2.25 bits per heavy atom. The van der Waals surface area contributed by atoms with E-state index in [2.05, 4.69) is 19.6 Å². The van der Waals surface area contributed by atoms with Gasteiger partial charge < -0.3 is 24.2 Å². The van der Waals surface area contributed by atoms with Gasteiger partial charge in [-0.2, -0.15) is 0 Å². The summed E-state index contributed by atoms with van der Waals surface area (Å²) in [6, 6.07) is 16.4. The SMILES string of the molecule is COc1ccc2[nH]cc(C(=O)C3c4[nH]c5ccc(OC)cc5c4CCN3Cc3ccc(OC(F)(F)F)cc3)c2c1. The molecule has 5 aromatic rings. The van der Waals surface area contributed by atoms with Crippen LogP contribution in [0.25, 0.3) is 21.8 Å². The van der Waals surface area contributed by atoms with Gasteiger partial charge in [0.1, 0.15) is 23.3 Å². The van der Waals surface area contributed by atoms with Gasteiger partial charge in [0, 0.05) is 52.3 Å². The van der Waals surface area contributed by atoms with Crippen LogP contribution in [0.1, 0.15) is 33.2 Å². The molecule has 40 heavy (non-hydrogen) atoms. The number of aromatic amines is 2. The van der Waals surface area contributed by atoms with Crippen molar-refractivity contribution in [1.29, 1.82) is 0 Å². The molecule has 0 radical (unpaired) electrons. The molecule has 10 heteroatoms. The molecule has 0 aliphatic carbocycles. The lowest BCUT2D eigenvalue weighted by Gasteiger charge is -2.35. The molecule has 0 spiro atoms. The second-order valence-corrected chi connectivity index (χ2v) is 9.72. The van der Waals surface area contributed by atoms with Gasteiger partial charge in [0.05, 0.1) is 14.2 Å². The molecule has 0 fully saturated rings. The summed E-state index contributed by atoms with van der Waals surface area (Å²) in [7, 11) is 3.19. The zero-order valence-electron chi connectivity index (χ0n) is 21.8. The average molecular weight is 550 g/mol. The minimum atomic E-state index is -4.76. The predicted molar refractivity (Wildman–Crippen MR) is 144 cm³/mol. The van der Waals surface area contributed by atoms with Gasteiger partial charge in [0.25, 0.3) is 0 Å². The molecule has 0 bridgehead atoms. The number of rotatable bonds is 7. The van der Waals surface area contributed by atoms with Crippen LogP contribution in [0.5, 0.6) is 17.2 Å². The van der Waals surface area contributed by atoms with E-state index in [1.165, 1.54) is 12.1 Å². The van der Waals surface area contributed by atoms with Crippen LogP contribution in [-0.4, -0.2) is 47.8 Å². The van der Waals surface area contributed by atoms with Crippen molar-refractivity contribution in [3.05, 3.63) is 89.2 Å². The van der Waals surface area contributed by atoms with Crippen LogP contribution in [0, 0.1) is 0 Å². The van der Waals surface area contributed by atoms with E-state index in [-0.39, 0.29) is 11.5 Å². The first-order valence-electron chi connectivity index (χ1n) is 12.7. The number of carbonyl (C=O) groups is 1. The number of aromatic nitrogens is 2. The smallest absolute Gasteiger partial charge is 0.497 e. The summed E-state index contributed by atoms with van der Waals surface area (Å²) in [5.74, 6) is 0.976. The predicted octanol–water partition coefficient (Wildman–Crippen LogP) is 6.55. The zero-order valence-corrected chi connectivity index (χ0v) is 21.8. The maximum absolute atomic E-state index is 14.4. The lowest BCUT2D eigenvalue weighted by Crippen LogP contribution is -2.39. The van der Waals surface area contributed by atoms with Gasteiger partial charge in [-0.15, -0.1) is 13.2 Å². The molecule has 0 amide bonds. The van der Waals surface area contributed by atoms with Crippen molar-refractivity contribution in [3.8, 4) is 17.2 Å². The van der Waals surface area contributed by atoms with E-state index in [9.17, 15) is 18.0 Å². The van der Waals surface area contributed by atoms with Crippen molar-refractivity contribution in [2.75, 3.05) is 20.8 Å². The average Bonchev–Trinajstić information content (AvgIpc) is 3.53. The summed E-state index contributed by atoms with van der Waals surface area (Å²) in [5, 5.41) is 1.75. The Morgan fingerprint density at radius 2 is 1.57 bits per heavy atom. The molecular weight excluding hydrogens is 523 g/mol. The van der Waals surface area contributed by atoms with Crippen LogP contribution in [0.2, 0.25) is 0 Å². The van der Waals surface area contributed by atoms with E-state index in [1.807, 2.05) is 36.4 Å². The molecular formula is C30H26F3N3O4. The Bertz CT molecular complexity index is 1710. The van der Waals surface area contributed by atoms with Crippen molar-refractivity contribution in [2.45, 2.75) is 25.4 Å². The maximum atomic E-state index is 14.4. The van der Waals surface area contributed by atoms with Crippen LogP contribution < -0.4 is 14.2 Å². The number of alkyl halides is 3. The van der Waals surface area contributed by atoms with Gasteiger partial charge >= 0.3 is 6.36 Å². The van der Waals surface area contributed by atoms with Crippen molar-refractivity contribution >= 4 is 27.6 Å². The van der Waals surface area contributed by atoms with Crippen molar-refractivity contribution in [1.82, 2.24) is 14.9 Å². The third kappa shape index (κ3) is 4.75. The Morgan fingerprint density at radius 1 is 0.925 bits per heavy atom. The van der Waals surface area contributed by atoms with E-state index < -0.39 is 12.4 Å². The van der Waals surface area contributed by atoms with Crippen molar-refractivity contribution < 1.29 is 32.2 Å². The van der Waals surface area contributed by atoms with Gasteiger partial charge in [-0.25, -0.2) is 0 Å². The van der Waals surface area contributed by atoms with Crippen LogP contribution in [-0.2, 0) is 13.0 Å². The van der Waals surface area contributed by atoms with E-state index in [4.69, 9.17) is 9.47 Å². The highest BCUT2D eigenvalue weighted by molar-refractivity contribution is 6.11. The summed E-state index contributed by atoms with van der Waals surface area (Å²) in [6.07, 6.45) is -2.36. The Hall–Kier alpha value is -4.44. The number of halogens is 3. The fraction of sp³-hybridized carbons (Fsp3) is 0.233. The van der Waals surface area contributed by atoms with Crippen molar-refractivity contribution in [2.24, 2.45) is 0 Å². The van der Waals surface area contributed by atoms with Crippen molar-refractivity contribution in [3.63, 3.8) is 0 Å². The van der Waals surface area contributed by atoms with Crippen LogP contribution >= 0.6 is 0 Å². The third-order valence-electron chi connectivity index (χ3n) is 7.38. The van der Waals surface area contributed by atoms with Crippen LogP contribution in [0.3, 0.4) is 0 Å².